The van der Waals surface area contributed by atoms with E-state index in [0.717, 1.165) is 12.8 Å². The van der Waals surface area contributed by atoms with Crippen molar-refractivity contribution < 1.29 is 5.11 Å². The molecule has 0 amide bonds. The smallest absolute Gasteiger partial charge is 0.328 e. The highest BCUT2D eigenvalue weighted by molar-refractivity contribution is 5.04. The van der Waals surface area contributed by atoms with E-state index < -0.39 is 0 Å². The summed E-state index contributed by atoms with van der Waals surface area (Å²) in [6, 6.07) is 1.58. The molecule has 2 N–H and O–H groups in total. The third-order valence-corrected chi connectivity index (χ3v) is 4.70. The summed E-state index contributed by atoms with van der Waals surface area (Å²) < 4.78 is 1.66. The molecule has 2 saturated carbocycles. The number of nitrogens with one attached hydrogen (secondary N) is 1. The lowest BCUT2D eigenvalue weighted by Crippen LogP contribution is -2.37. The quantitative estimate of drug-likeness (QED) is 0.796. The first-order valence-electron chi connectivity index (χ1n) is 6.54. The van der Waals surface area contributed by atoms with Crippen LogP contribution in [-0.2, 0) is 0 Å². The van der Waals surface area contributed by atoms with Gasteiger partial charge in [-0.15, -0.1) is 0 Å². The van der Waals surface area contributed by atoms with E-state index in [1.54, 1.807) is 10.8 Å². The van der Waals surface area contributed by atoms with Crippen LogP contribution in [0, 0.1) is 23.7 Å². The van der Waals surface area contributed by atoms with Gasteiger partial charge in [-0.05, 0) is 36.5 Å². The first-order chi connectivity index (χ1) is 8.61. The summed E-state index contributed by atoms with van der Waals surface area (Å²) in [7, 11) is 0. The molecule has 0 spiro atoms. The van der Waals surface area contributed by atoms with Crippen molar-refractivity contribution in [1.29, 1.82) is 0 Å². The molecule has 0 bridgehead atoms. The maximum Gasteiger partial charge on any atom is 0.328 e. The van der Waals surface area contributed by atoms with Crippen molar-refractivity contribution in [1.82, 2.24) is 9.55 Å². The van der Waals surface area contributed by atoms with Gasteiger partial charge in [-0.1, -0.05) is 6.92 Å². The van der Waals surface area contributed by atoms with Gasteiger partial charge in [0.15, 0.2) is 0 Å². The Morgan fingerprint density at radius 3 is 2.83 bits per heavy atom. The fourth-order valence-electron chi connectivity index (χ4n) is 3.65. The molecule has 18 heavy (non-hydrogen) atoms. The lowest BCUT2D eigenvalue weighted by atomic mass is 9.78. The molecule has 0 aromatic carbocycles. The van der Waals surface area contributed by atoms with Crippen molar-refractivity contribution in [3.8, 4) is 0 Å². The van der Waals surface area contributed by atoms with Gasteiger partial charge in [-0.3, -0.25) is 14.3 Å². The van der Waals surface area contributed by atoms with Crippen LogP contribution in [0.25, 0.3) is 0 Å². The molecule has 5 atom stereocenters. The van der Waals surface area contributed by atoms with E-state index in [4.69, 9.17) is 0 Å². The lowest BCUT2D eigenvalue weighted by Gasteiger charge is -2.33. The van der Waals surface area contributed by atoms with Crippen molar-refractivity contribution in [2.45, 2.75) is 25.8 Å². The minimum absolute atomic E-state index is 0.178. The number of aromatic nitrogens is 2. The van der Waals surface area contributed by atoms with E-state index in [9.17, 15) is 14.7 Å². The molecule has 3 rings (SSSR count). The van der Waals surface area contributed by atoms with Gasteiger partial charge in [0.05, 0.1) is 0 Å². The van der Waals surface area contributed by atoms with Gasteiger partial charge >= 0.3 is 5.69 Å². The Labute approximate surface area is 104 Å². The van der Waals surface area contributed by atoms with E-state index in [0.29, 0.717) is 23.7 Å². The zero-order chi connectivity index (χ0) is 12.9. The van der Waals surface area contributed by atoms with Crippen LogP contribution in [0.3, 0.4) is 0 Å². The number of aromatic amines is 1. The van der Waals surface area contributed by atoms with Crippen molar-refractivity contribution in [3.63, 3.8) is 0 Å². The topological polar surface area (TPSA) is 75.1 Å². The number of nitrogens with zero attached hydrogens (tertiary/aromatic N) is 1. The average Bonchev–Trinajstić information content (AvgIpc) is 3.08. The number of aliphatic hydroxyl groups is 1. The minimum atomic E-state index is -0.347. The summed E-state index contributed by atoms with van der Waals surface area (Å²) in [5.74, 6) is 1.83. The second-order valence-electron chi connectivity index (χ2n) is 5.71. The normalized spacial score (nSPS) is 38.2. The second-order valence-corrected chi connectivity index (χ2v) is 5.71. The molecule has 0 aliphatic heterocycles. The van der Waals surface area contributed by atoms with Crippen LogP contribution in [0.15, 0.2) is 21.9 Å². The molecule has 2 fully saturated rings. The van der Waals surface area contributed by atoms with E-state index >= 15 is 0 Å². The van der Waals surface area contributed by atoms with Crippen molar-refractivity contribution in [2.24, 2.45) is 23.7 Å². The van der Waals surface area contributed by atoms with Gasteiger partial charge in [0.2, 0.25) is 0 Å². The van der Waals surface area contributed by atoms with Gasteiger partial charge in [0.1, 0.15) is 0 Å². The zero-order valence-electron chi connectivity index (χ0n) is 10.4. The monoisotopic (exact) mass is 250 g/mol. The molecular weight excluding hydrogens is 232 g/mol. The molecule has 0 saturated heterocycles. The Morgan fingerprint density at radius 2 is 2.17 bits per heavy atom. The van der Waals surface area contributed by atoms with Gasteiger partial charge in [0, 0.05) is 24.9 Å². The number of hydrogen-bond donors (Lipinski definition) is 2. The van der Waals surface area contributed by atoms with Crippen LogP contribution in [0.4, 0.5) is 0 Å². The Hall–Kier alpha value is -1.36. The highest BCUT2D eigenvalue weighted by Gasteiger charge is 2.53. The molecule has 2 aliphatic rings. The summed E-state index contributed by atoms with van der Waals surface area (Å²) >= 11 is 0. The number of H-pyrrole nitrogens is 1. The Kier molecular flexibility index (Phi) is 2.66. The molecule has 1 unspecified atom stereocenters. The molecule has 1 aromatic heterocycles. The third-order valence-electron chi connectivity index (χ3n) is 4.70. The lowest BCUT2D eigenvalue weighted by molar-refractivity contribution is 0.108. The van der Waals surface area contributed by atoms with Crippen LogP contribution in [0.2, 0.25) is 0 Å². The second kappa shape index (κ2) is 4.09. The highest BCUT2D eigenvalue weighted by atomic mass is 16.3. The number of aliphatic hydroxyl groups excluding tert-OH is 1. The molecule has 5 nitrogen and oxygen atoms in total. The van der Waals surface area contributed by atoms with E-state index in [1.165, 1.54) is 6.07 Å². The standard InChI is InChI=1S/C13H18N2O3/c1-7-4-11(9-5-8(9)10(7)6-16)15-3-2-12(17)14-13(15)18/h2-3,7-11,16H,4-6H2,1H3,(H,14,17,18)/t7?,8-,9+,10-,11+/m1/s1. The van der Waals surface area contributed by atoms with Gasteiger partial charge < -0.3 is 5.11 Å². The van der Waals surface area contributed by atoms with Crippen molar-refractivity contribution in [2.75, 3.05) is 6.61 Å². The molecule has 1 heterocycles. The Balaban J connectivity index is 1.91. The van der Waals surface area contributed by atoms with Gasteiger partial charge in [-0.2, -0.15) is 0 Å². The van der Waals surface area contributed by atoms with Crippen LogP contribution in [-0.4, -0.2) is 21.3 Å². The average molecular weight is 250 g/mol. The van der Waals surface area contributed by atoms with Crippen molar-refractivity contribution >= 4 is 0 Å². The number of fused-ring (bicyclic) bond motifs is 1. The fourth-order valence-corrected chi connectivity index (χ4v) is 3.65. The molecule has 98 valence electrons. The SMILES string of the molecule is CC1C[C@H](n2ccc(=O)[nH]c2=O)[C@H]2C[C@H]2[C@@H]1CO. The van der Waals surface area contributed by atoms with Crippen LogP contribution in [0.1, 0.15) is 25.8 Å². The van der Waals surface area contributed by atoms with Gasteiger partial charge in [-0.25, -0.2) is 4.79 Å². The fraction of sp³-hybridized carbons (Fsp3) is 0.692. The molecule has 2 aliphatic carbocycles. The molecule has 1 aromatic rings. The molecule has 0 radical (unpaired) electrons. The maximum absolute atomic E-state index is 11.8. The molecular formula is C13H18N2O3. The summed E-state index contributed by atoms with van der Waals surface area (Å²) in [5, 5.41) is 9.39. The maximum atomic E-state index is 11.8. The predicted octanol–water partition coefficient (Wildman–Crippen LogP) is 0.362. The van der Waals surface area contributed by atoms with Gasteiger partial charge in [0.25, 0.3) is 5.56 Å². The summed E-state index contributed by atoms with van der Waals surface area (Å²) in [6.45, 7) is 2.38. The largest absolute Gasteiger partial charge is 0.396 e. The summed E-state index contributed by atoms with van der Waals surface area (Å²) in [5.41, 5.74) is -0.659. The minimum Gasteiger partial charge on any atom is -0.396 e. The van der Waals surface area contributed by atoms with E-state index in [1.807, 2.05) is 0 Å². The Morgan fingerprint density at radius 1 is 1.39 bits per heavy atom. The first-order valence-corrected chi connectivity index (χ1v) is 6.54. The predicted molar refractivity (Wildman–Crippen MR) is 66.3 cm³/mol. The summed E-state index contributed by atoms with van der Waals surface area (Å²) in [6.07, 6.45) is 3.59. The van der Waals surface area contributed by atoms with E-state index in [2.05, 4.69) is 11.9 Å². The number of hydrogen-bond acceptors (Lipinski definition) is 3. The van der Waals surface area contributed by atoms with Crippen molar-refractivity contribution in [3.05, 3.63) is 33.1 Å². The third kappa shape index (κ3) is 1.73. The Bertz CT molecular complexity index is 560. The highest BCUT2D eigenvalue weighted by Crippen LogP contribution is 2.58. The van der Waals surface area contributed by atoms with Crippen LogP contribution >= 0.6 is 0 Å². The summed E-state index contributed by atoms with van der Waals surface area (Å²) in [4.78, 5) is 25.2. The first kappa shape index (κ1) is 11.7. The van der Waals surface area contributed by atoms with E-state index in [-0.39, 0.29) is 23.9 Å². The zero-order valence-corrected chi connectivity index (χ0v) is 10.4. The van der Waals surface area contributed by atoms with Crippen LogP contribution < -0.4 is 11.2 Å². The number of rotatable bonds is 2. The molecule has 5 heteroatoms. The van der Waals surface area contributed by atoms with Crippen LogP contribution in [0.5, 0.6) is 0 Å².